The molecule has 8 heteroatoms. The van der Waals surface area contributed by atoms with Crippen molar-refractivity contribution in [1.29, 1.82) is 0 Å². The van der Waals surface area contributed by atoms with Crippen LogP contribution in [0.5, 0.6) is 0 Å². The van der Waals surface area contributed by atoms with E-state index in [0.29, 0.717) is 5.56 Å². The van der Waals surface area contributed by atoms with Gasteiger partial charge in [-0.1, -0.05) is 18.2 Å². The number of rotatable bonds is 4. The van der Waals surface area contributed by atoms with Gasteiger partial charge in [-0.15, -0.1) is 0 Å². The molecule has 6 N–H and O–H groups in total. The van der Waals surface area contributed by atoms with E-state index in [2.05, 4.69) is 10.9 Å². The van der Waals surface area contributed by atoms with Crippen LogP contribution in [0, 0.1) is 0 Å². The lowest BCUT2D eigenvalue weighted by molar-refractivity contribution is -0.238. The van der Waals surface area contributed by atoms with Crippen LogP contribution >= 0.6 is 0 Å². The molecule has 21 heavy (non-hydrogen) atoms. The molecule has 0 saturated carbocycles. The average Bonchev–Trinajstić information content (AvgIpc) is 2.52. The molecule has 1 saturated heterocycles. The van der Waals surface area contributed by atoms with Crippen molar-refractivity contribution in [2.24, 2.45) is 0 Å². The van der Waals surface area contributed by atoms with Crippen LogP contribution in [0.25, 0.3) is 0 Å². The molecule has 1 heterocycles. The van der Waals surface area contributed by atoms with Gasteiger partial charge in [0.2, 0.25) is 0 Å². The molecule has 1 amide bonds. The number of amides is 1. The number of nitrogens with one attached hydrogen (secondary N) is 2. The lowest BCUT2D eigenvalue weighted by atomic mass is 9.99. The number of aliphatic hydroxyl groups is 4. The molecule has 1 aliphatic rings. The van der Waals surface area contributed by atoms with E-state index < -0.39 is 43.2 Å². The standard InChI is InChI=1S/C13H18N2O6/c16-6-8-9(17)10(18)11(19)13(21-8)15-14-12(20)7-4-2-1-3-5-7/h1-5,8-11,13,15-19H,6H2,(H,14,20)/t8-,9+,10+,11-,13-/m1/s1. The molecule has 0 aliphatic carbocycles. The molecule has 0 spiro atoms. The monoisotopic (exact) mass is 298 g/mol. The molecule has 0 aromatic heterocycles. The highest BCUT2D eigenvalue weighted by Crippen LogP contribution is 2.19. The van der Waals surface area contributed by atoms with Crippen LogP contribution in [-0.4, -0.2) is 63.6 Å². The number of hydrogen-bond acceptors (Lipinski definition) is 7. The van der Waals surface area contributed by atoms with Crippen molar-refractivity contribution in [3.8, 4) is 0 Å². The molecular formula is C13H18N2O6. The van der Waals surface area contributed by atoms with Gasteiger partial charge in [0.15, 0.2) is 6.23 Å². The van der Waals surface area contributed by atoms with Crippen molar-refractivity contribution in [3.63, 3.8) is 0 Å². The lowest BCUT2D eigenvalue weighted by Gasteiger charge is -2.40. The number of benzene rings is 1. The quantitative estimate of drug-likeness (QED) is 0.345. The second-order valence-electron chi connectivity index (χ2n) is 4.71. The fraction of sp³-hybridized carbons (Fsp3) is 0.462. The minimum Gasteiger partial charge on any atom is -0.394 e. The summed E-state index contributed by atoms with van der Waals surface area (Å²) in [5.74, 6) is -0.451. The number of hydrogen-bond donors (Lipinski definition) is 6. The zero-order chi connectivity index (χ0) is 15.4. The zero-order valence-electron chi connectivity index (χ0n) is 11.1. The van der Waals surface area contributed by atoms with E-state index in [1.807, 2.05) is 0 Å². The predicted molar refractivity (Wildman–Crippen MR) is 70.8 cm³/mol. The second kappa shape index (κ2) is 6.94. The van der Waals surface area contributed by atoms with Gasteiger partial charge >= 0.3 is 0 Å². The maximum atomic E-state index is 11.8. The predicted octanol–water partition coefficient (Wildman–Crippen LogP) is -2.28. The van der Waals surface area contributed by atoms with E-state index in [4.69, 9.17) is 9.84 Å². The maximum absolute atomic E-state index is 11.8. The third kappa shape index (κ3) is 3.56. The van der Waals surface area contributed by atoms with Gasteiger partial charge in [-0.05, 0) is 12.1 Å². The van der Waals surface area contributed by atoms with Crippen LogP contribution in [0.1, 0.15) is 10.4 Å². The van der Waals surface area contributed by atoms with Crippen molar-refractivity contribution in [2.45, 2.75) is 30.6 Å². The fourth-order valence-electron chi connectivity index (χ4n) is 2.02. The van der Waals surface area contributed by atoms with Gasteiger partial charge in [-0.25, -0.2) is 5.43 Å². The van der Waals surface area contributed by atoms with E-state index in [1.165, 1.54) is 0 Å². The average molecular weight is 298 g/mol. The van der Waals surface area contributed by atoms with Crippen molar-refractivity contribution in [3.05, 3.63) is 35.9 Å². The van der Waals surface area contributed by atoms with Gasteiger partial charge in [-0.2, -0.15) is 0 Å². The van der Waals surface area contributed by atoms with Gasteiger partial charge in [0.05, 0.1) is 6.61 Å². The molecule has 5 atom stereocenters. The maximum Gasteiger partial charge on any atom is 0.265 e. The summed E-state index contributed by atoms with van der Waals surface area (Å²) in [5.41, 5.74) is 5.16. The SMILES string of the molecule is O=C(NN[C@@H]1O[C@H](CO)[C@H](O)[C@H](O)[C@H]1O)c1ccccc1. The Morgan fingerprint density at radius 2 is 1.76 bits per heavy atom. The van der Waals surface area contributed by atoms with Crippen molar-refractivity contribution >= 4 is 5.91 Å². The smallest absolute Gasteiger partial charge is 0.265 e. The Hall–Kier alpha value is -1.55. The van der Waals surface area contributed by atoms with E-state index in [1.54, 1.807) is 30.3 Å². The van der Waals surface area contributed by atoms with E-state index in [0.717, 1.165) is 0 Å². The summed E-state index contributed by atoms with van der Waals surface area (Å²) in [7, 11) is 0. The Morgan fingerprint density at radius 1 is 1.10 bits per heavy atom. The van der Waals surface area contributed by atoms with Gasteiger partial charge in [0.1, 0.15) is 24.4 Å². The lowest BCUT2D eigenvalue weighted by Crippen LogP contribution is -2.64. The molecule has 116 valence electrons. The summed E-state index contributed by atoms with van der Waals surface area (Å²) in [6, 6.07) is 8.36. The first kappa shape index (κ1) is 15.8. The number of hydrazine groups is 1. The van der Waals surface area contributed by atoms with Gasteiger partial charge in [-0.3, -0.25) is 10.2 Å². The summed E-state index contributed by atoms with van der Waals surface area (Å²) in [5, 5.41) is 38.0. The van der Waals surface area contributed by atoms with Crippen LogP contribution < -0.4 is 10.9 Å². The first-order valence-electron chi connectivity index (χ1n) is 6.46. The van der Waals surface area contributed by atoms with Gasteiger partial charge in [0.25, 0.3) is 5.91 Å². The Balaban J connectivity index is 1.94. The van der Waals surface area contributed by atoms with Crippen LogP contribution in [0.3, 0.4) is 0 Å². The molecule has 0 radical (unpaired) electrons. The normalized spacial score (nSPS) is 32.7. The minimum atomic E-state index is -1.50. The Kier molecular flexibility index (Phi) is 5.23. The molecule has 2 rings (SSSR count). The highest BCUT2D eigenvalue weighted by Gasteiger charge is 2.43. The van der Waals surface area contributed by atoms with Gasteiger partial charge < -0.3 is 25.2 Å². The third-order valence-electron chi connectivity index (χ3n) is 3.26. The zero-order valence-corrected chi connectivity index (χ0v) is 11.1. The fourth-order valence-corrected chi connectivity index (χ4v) is 2.02. The van der Waals surface area contributed by atoms with Crippen molar-refractivity contribution < 1.29 is 30.0 Å². The van der Waals surface area contributed by atoms with Crippen LogP contribution in [0.2, 0.25) is 0 Å². The summed E-state index contributed by atoms with van der Waals surface area (Å²) in [4.78, 5) is 11.8. The highest BCUT2D eigenvalue weighted by atomic mass is 16.6. The first-order chi connectivity index (χ1) is 10.0. The molecule has 1 fully saturated rings. The second-order valence-corrected chi connectivity index (χ2v) is 4.71. The Labute approximate surface area is 121 Å². The number of carbonyl (C=O) groups is 1. The van der Waals surface area contributed by atoms with Crippen LogP contribution in [0.4, 0.5) is 0 Å². The van der Waals surface area contributed by atoms with Gasteiger partial charge in [0, 0.05) is 5.56 Å². The minimum absolute atomic E-state index is 0.398. The topological polar surface area (TPSA) is 131 Å². The molecule has 8 nitrogen and oxygen atoms in total. The number of aliphatic hydroxyl groups excluding tert-OH is 4. The van der Waals surface area contributed by atoms with E-state index >= 15 is 0 Å². The third-order valence-corrected chi connectivity index (χ3v) is 3.26. The molecular weight excluding hydrogens is 280 g/mol. The van der Waals surface area contributed by atoms with Crippen LogP contribution in [-0.2, 0) is 4.74 Å². The summed E-state index contributed by atoms with van der Waals surface area (Å²) in [6.45, 7) is -0.532. The highest BCUT2D eigenvalue weighted by molar-refractivity contribution is 5.93. The number of ether oxygens (including phenoxy) is 1. The molecule has 1 aromatic carbocycles. The van der Waals surface area contributed by atoms with E-state index in [9.17, 15) is 20.1 Å². The largest absolute Gasteiger partial charge is 0.394 e. The summed E-state index contributed by atoms with van der Waals surface area (Å²) >= 11 is 0. The molecule has 1 aliphatic heterocycles. The van der Waals surface area contributed by atoms with E-state index in [-0.39, 0.29) is 0 Å². The first-order valence-corrected chi connectivity index (χ1v) is 6.46. The number of carbonyl (C=O) groups excluding carboxylic acids is 1. The summed E-state index contributed by atoms with van der Waals surface area (Å²) < 4.78 is 5.18. The van der Waals surface area contributed by atoms with Crippen LogP contribution in [0.15, 0.2) is 30.3 Å². The summed E-state index contributed by atoms with van der Waals surface area (Å²) in [6.07, 6.45) is -6.59. The van der Waals surface area contributed by atoms with Crippen molar-refractivity contribution in [1.82, 2.24) is 10.9 Å². The van der Waals surface area contributed by atoms with Crippen molar-refractivity contribution in [2.75, 3.05) is 6.61 Å². The molecule has 0 bridgehead atoms. The molecule has 1 aromatic rings. The molecule has 0 unspecified atom stereocenters. The Morgan fingerprint density at radius 3 is 2.38 bits per heavy atom. The Bertz CT molecular complexity index is 469.